The molecule has 5 nitrogen and oxygen atoms in total. The van der Waals surface area contributed by atoms with Gasteiger partial charge in [0.05, 0.1) is 17.3 Å². The minimum atomic E-state index is -0.336. The van der Waals surface area contributed by atoms with Crippen LogP contribution in [-0.4, -0.2) is 36.9 Å². The Kier molecular flexibility index (Phi) is 4.48. The molecule has 0 aromatic heterocycles. The first kappa shape index (κ1) is 15.4. The van der Waals surface area contributed by atoms with Crippen molar-refractivity contribution in [3.8, 4) is 0 Å². The minimum absolute atomic E-state index is 0.336. The van der Waals surface area contributed by atoms with Gasteiger partial charge in [0, 0.05) is 24.8 Å². The fraction of sp³-hybridized carbons (Fsp3) is 0.176. The van der Waals surface area contributed by atoms with Crippen LogP contribution in [0.3, 0.4) is 0 Å². The summed E-state index contributed by atoms with van der Waals surface area (Å²) < 4.78 is 0. The Morgan fingerprint density at radius 3 is 2.74 bits per heavy atom. The van der Waals surface area contributed by atoms with Gasteiger partial charge in [0.1, 0.15) is 5.84 Å². The number of aliphatic imine (C=N–C) groups is 1. The zero-order chi connectivity index (χ0) is 16.2. The first-order valence-corrected chi connectivity index (χ1v) is 7.70. The third kappa shape index (κ3) is 3.63. The van der Waals surface area contributed by atoms with Crippen molar-refractivity contribution in [2.24, 2.45) is 4.99 Å². The normalized spacial score (nSPS) is 13.7. The highest BCUT2D eigenvalue weighted by Crippen LogP contribution is 2.21. The number of benzene rings is 2. The van der Waals surface area contributed by atoms with Crippen molar-refractivity contribution in [3.05, 3.63) is 59.1 Å². The van der Waals surface area contributed by atoms with Crippen LogP contribution in [0.1, 0.15) is 5.56 Å². The number of anilines is 2. The molecule has 0 fully saturated rings. The first-order valence-electron chi connectivity index (χ1n) is 7.32. The van der Waals surface area contributed by atoms with Crippen LogP contribution in [0.4, 0.5) is 16.2 Å². The number of carbonyl (C=O) groups is 1. The van der Waals surface area contributed by atoms with Crippen LogP contribution in [0.15, 0.2) is 53.5 Å². The molecule has 2 amide bonds. The molecule has 2 aromatic rings. The van der Waals surface area contributed by atoms with Crippen molar-refractivity contribution in [3.63, 3.8) is 0 Å². The second kappa shape index (κ2) is 6.71. The number of para-hydroxylation sites is 1. The van der Waals surface area contributed by atoms with Gasteiger partial charge in [0.2, 0.25) is 0 Å². The van der Waals surface area contributed by atoms with Crippen molar-refractivity contribution < 1.29 is 4.79 Å². The van der Waals surface area contributed by atoms with E-state index in [0.29, 0.717) is 16.4 Å². The van der Waals surface area contributed by atoms with Gasteiger partial charge in [-0.05, 0) is 24.3 Å². The Morgan fingerprint density at radius 1 is 1.17 bits per heavy atom. The molecule has 0 unspecified atom stereocenters. The SMILES string of the molecule is CN1CCN=C1c1cccc(NC(=O)Nc2ccccc2Cl)c1. The van der Waals surface area contributed by atoms with Gasteiger partial charge in [-0.25, -0.2) is 4.79 Å². The maximum absolute atomic E-state index is 12.1. The summed E-state index contributed by atoms with van der Waals surface area (Å²) in [6.45, 7) is 1.72. The van der Waals surface area contributed by atoms with E-state index in [1.165, 1.54) is 0 Å². The zero-order valence-electron chi connectivity index (χ0n) is 12.7. The van der Waals surface area contributed by atoms with Gasteiger partial charge in [0.25, 0.3) is 0 Å². The average molecular weight is 329 g/mol. The van der Waals surface area contributed by atoms with E-state index in [4.69, 9.17) is 11.6 Å². The lowest BCUT2D eigenvalue weighted by atomic mass is 10.1. The molecule has 0 spiro atoms. The van der Waals surface area contributed by atoms with Crippen molar-refractivity contribution in [2.75, 3.05) is 30.8 Å². The van der Waals surface area contributed by atoms with Gasteiger partial charge in [0.15, 0.2) is 0 Å². The summed E-state index contributed by atoms with van der Waals surface area (Å²) in [6, 6.07) is 14.4. The Labute approximate surface area is 140 Å². The number of amides is 2. The fourth-order valence-electron chi connectivity index (χ4n) is 2.43. The molecule has 2 aromatic carbocycles. The molecule has 2 N–H and O–H groups in total. The van der Waals surface area contributed by atoms with E-state index in [1.807, 2.05) is 43.4 Å². The predicted molar refractivity (Wildman–Crippen MR) is 94.6 cm³/mol. The maximum Gasteiger partial charge on any atom is 0.323 e. The second-order valence-corrected chi connectivity index (χ2v) is 5.67. The third-order valence-electron chi connectivity index (χ3n) is 3.56. The quantitative estimate of drug-likeness (QED) is 0.903. The number of likely N-dealkylation sites (N-methyl/N-ethyl adjacent to an activating group) is 1. The lowest BCUT2D eigenvalue weighted by Gasteiger charge is -2.15. The maximum atomic E-state index is 12.1. The minimum Gasteiger partial charge on any atom is -0.358 e. The molecule has 3 rings (SSSR count). The van der Waals surface area contributed by atoms with E-state index in [-0.39, 0.29) is 6.03 Å². The number of hydrogen-bond donors (Lipinski definition) is 2. The van der Waals surface area contributed by atoms with Gasteiger partial charge < -0.3 is 15.5 Å². The van der Waals surface area contributed by atoms with Crippen LogP contribution >= 0.6 is 11.6 Å². The van der Waals surface area contributed by atoms with Gasteiger partial charge in [-0.3, -0.25) is 4.99 Å². The van der Waals surface area contributed by atoms with Crippen LogP contribution in [0, 0.1) is 0 Å². The fourth-order valence-corrected chi connectivity index (χ4v) is 2.61. The van der Waals surface area contributed by atoms with E-state index in [2.05, 4.69) is 20.5 Å². The lowest BCUT2D eigenvalue weighted by molar-refractivity contribution is 0.262. The summed E-state index contributed by atoms with van der Waals surface area (Å²) in [5.74, 6) is 0.945. The number of carbonyl (C=O) groups excluding carboxylic acids is 1. The summed E-state index contributed by atoms with van der Waals surface area (Å²) in [4.78, 5) is 18.7. The molecule has 23 heavy (non-hydrogen) atoms. The van der Waals surface area contributed by atoms with Crippen molar-refractivity contribution in [2.45, 2.75) is 0 Å². The molecule has 6 heteroatoms. The molecule has 1 aliphatic heterocycles. The zero-order valence-corrected chi connectivity index (χ0v) is 13.5. The van der Waals surface area contributed by atoms with Crippen molar-refractivity contribution in [1.29, 1.82) is 0 Å². The summed E-state index contributed by atoms with van der Waals surface area (Å²) in [7, 11) is 2.01. The molecular formula is C17H17ClN4O. The van der Waals surface area contributed by atoms with Crippen LogP contribution < -0.4 is 10.6 Å². The van der Waals surface area contributed by atoms with E-state index in [1.54, 1.807) is 12.1 Å². The van der Waals surface area contributed by atoms with Crippen LogP contribution in [-0.2, 0) is 0 Å². The van der Waals surface area contributed by atoms with Gasteiger partial charge in [-0.15, -0.1) is 0 Å². The van der Waals surface area contributed by atoms with Crippen LogP contribution in [0.5, 0.6) is 0 Å². The molecule has 0 aliphatic carbocycles. The summed E-state index contributed by atoms with van der Waals surface area (Å²) in [5, 5.41) is 6.05. The summed E-state index contributed by atoms with van der Waals surface area (Å²) >= 11 is 6.03. The number of nitrogens with zero attached hydrogens (tertiary/aromatic N) is 2. The molecule has 0 saturated heterocycles. The largest absolute Gasteiger partial charge is 0.358 e. The number of amidine groups is 1. The van der Waals surface area contributed by atoms with E-state index < -0.39 is 0 Å². The van der Waals surface area contributed by atoms with E-state index >= 15 is 0 Å². The third-order valence-corrected chi connectivity index (χ3v) is 3.89. The number of halogens is 1. The molecule has 0 bridgehead atoms. The summed E-state index contributed by atoms with van der Waals surface area (Å²) in [6.07, 6.45) is 0. The monoisotopic (exact) mass is 328 g/mol. The Hall–Kier alpha value is -2.53. The van der Waals surface area contributed by atoms with Gasteiger partial charge in [-0.1, -0.05) is 35.9 Å². The smallest absolute Gasteiger partial charge is 0.323 e. The topological polar surface area (TPSA) is 56.7 Å². The summed E-state index contributed by atoms with van der Waals surface area (Å²) in [5.41, 5.74) is 2.26. The van der Waals surface area contributed by atoms with Gasteiger partial charge >= 0.3 is 6.03 Å². The molecule has 1 heterocycles. The van der Waals surface area contributed by atoms with Gasteiger partial charge in [-0.2, -0.15) is 0 Å². The van der Waals surface area contributed by atoms with Crippen LogP contribution in [0.2, 0.25) is 5.02 Å². The molecular weight excluding hydrogens is 312 g/mol. The Bertz CT molecular complexity index is 760. The molecule has 0 saturated carbocycles. The number of urea groups is 1. The van der Waals surface area contributed by atoms with Crippen molar-refractivity contribution in [1.82, 2.24) is 4.90 Å². The van der Waals surface area contributed by atoms with E-state index in [0.717, 1.165) is 24.5 Å². The standard InChI is InChI=1S/C17H17ClN4O/c1-22-10-9-19-16(22)12-5-4-6-13(11-12)20-17(23)21-15-8-3-2-7-14(15)18/h2-8,11H,9-10H2,1H3,(H2,20,21,23). The molecule has 1 aliphatic rings. The number of hydrogen-bond acceptors (Lipinski definition) is 3. The molecule has 118 valence electrons. The Balaban J connectivity index is 1.71. The Morgan fingerprint density at radius 2 is 2.00 bits per heavy atom. The first-order chi connectivity index (χ1) is 11.1. The van der Waals surface area contributed by atoms with Crippen molar-refractivity contribution >= 4 is 34.8 Å². The molecule has 0 atom stereocenters. The van der Waals surface area contributed by atoms with Crippen LogP contribution in [0.25, 0.3) is 0 Å². The molecule has 0 radical (unpaired) electrons. The lowest BCUT2D eigenvalue weighted by Crippen LogP contribution is -2.24. The number of rotatable bonds is 3. The van der Waals surface area contributed by atoms with E-state index in [9.17, 15) is 4.79 Å². The predicted octanol–water partition coefficient (Wildman–Crippen LogP) is 3.68. The number of nitrogens with one attached hydrogen (secondary N) is 2. The second-order valence-electron chi connectivity index (χ2n) is 5.27. The highest BCUT2D eigenvalue weighted by Gasteiger charge is 2.15. The average Bonchev–Trinajstić information content (AvgIpc) is 2.96. The highest BCUT2D eigenvalue weighted by molar-refractivity contribution is 6.33. The highest BCUT2D eigenvalue weighted by atomic mass is 35.5.